The van der Waals surface area contributed by atoms with E-state index in [1.807, 2.05) is 55.5 Å². The molecule has 0 aromatic heterocycles. The Morgan fingerprint density at radius 2 is 1.54 bits per heavy atom. The van der Waals surface area contributed by atoms with Gasteiger partial charge in [-0.1, -0.05) is 72.8 Å². The molecule has 0 aliphatic carbocycles. The van der Waals surface area contributed by atoms with E-state index in [0.717, 1.165) is 5.56 Å². The minimum atomic E-state index is -0.701. The number of hydrogen-bond donors (Lipinski definition) is 3. The van der Waals surface area contributed by atoms with Crippen LogP contribution in [0.15, 0.2) is 138 Å². The number of aryl methyl sites for hydroxylation is 1. The lowest BCUT2D eigenvalue weighted by atomic mass is 10.1. The topological polar surface area (TPSA) is 140 Å². The predicted octanol–water partition coefficient (Wildman–Crippen LogP) is 8.18. The van der Waals surface area contributed by atoms with E-state index in [2.05, 4.69) is 16.0 Å². The van der Waals surface area contributed by atoms with Gasteiger partial charge in [0.2, 0.25) is 5.91 Å². The summed E-state index contributed by atoms with van der Waals surface area (Å²) in [5.74, 6) is -0.782. The average Bonchev–Trinajstić information content (AvgIpc) is 3.12. The molecule has 0 heterocycles. The molecule has 5 aromatic rings. The molecule has 0 aliphatic rings. The molecule has 252 valence electrons. The Bertz CT molecular complexity index is 2040. The Morgan fingerprint density at radius 1 is 0.840 bits per heavy atom. The third-order valence-corrected chi connectivity index (χ3v) is 8.66. The van der Waals surface area contributed by atoms with Gasteiger partial charge in [0.1, 0.15) is 16.7 Å². The van der Waals surface area contributed by atoms with Gasteiger partial charge in [-0.15, -0.1) is 11.8 Å². The fraction of sp³-hybridized carbons (Fsp3) is 0.103. The van der Waals surface area contributed by atoms with E-state index in [4.69, 9.17) is 4.74 Å². The molecule has 0 aliphatic heterocycles. The van der Waals surface area contributed by atoms with Gasteiger partial charge in [0.15, 0.2) is 0 Å². The molecule has 0 bridgehead atoms. The van der Waals surface area contributed by atoms with Crippen molar-refractivity contribution in [1.29, 1.82) is 0 Å². The van der Waals surface area contributed by atoms with Gasteiger partial charge in [-0.05, 0) is 73.5 Å². The van der Waals surface area contributed by atoms with Crippen molar-refractivity contribution in [2.24, 2.45) is 0 Å². The van der Waals surface area contributed by atoms with Crippen LogP contribution in [-0.2, 0) is 9.59 Å². The number of benzene rings is 5. The molecule has 1 unspecified atom stereocenters. The summed E-state index contributed by atoms with van der Waals surface area (Å²) in [5.41, 5.74) is 3.14. The minimum absolute atomic E-state index is 0.00377. The summed E-state index contributed by atoms with van der Waals surface area (Å²) < 4.78 is 5.74. The van der Waals surface area contributed by atoms with Gasteiger partial charge in [0.05, 0.1) is 11.5 Å². The van der Waals surface area contributed by atoms with Crippen LogP contribution in [0, 0.1) is 17.0 Å². The smallest absolute Gasteiger partial charge is 0.272 e. The maximum absolute atomic E-state index is 13.8. The summed E-state index contributed by atoms with van der Waals surface area (Å²) in [6.07, 6.45) is 1.57. The van der Waals surface area contributed by atoms with Crippen molar-refractivity contribution in [3.63, 3.8) is 0 Å². The van der Waals surface area contributed by atoms with Crippen molar-refractivity contribution in [2.45, 2.75) is 24.0 Å². The Hall–Kier alpha value is -6.20. The van der Waals surface area contributed by atoms with Crippen LogP contribution in [0.2, 0.25) is 0 Å². The molecule has 5 aromatic carbocycles. The third kappa shape index (κ3) is 9.24. The fourth-order valence-electron chi connectivity index (χ4n) is 4.97. The normalized spacial score (nSPS) is 11.6. The second-order valence-corrected chi connectivity index (χ2v) is 12.2. The zero-order valence-corrected chi connectivity index (χ0v) is 28.1. The van der Waals surface area contributed by atoms with Crippen molar-refractivity contribution < 1.29 is 24.0 Å². The second kappa shape index (κ2) is 16.8. The Morgan fingerprint density at radius 3 is 2.24 bits per heavy atom. The highest BCUT2D eigenvalue weighted by atomic mass is 32.2. The van der Waals surface area contributed by atoms with Crippen molar-refractivity contribution >= 4 is 52.6 Å². The molecule has 0 fully saturated rings. The lowest BCUT2D eigenvalue weighted by molar-refractivity contribution is -0.384. The van der Waals surface area contributed by atoms with Crippen LogP contribution in [0.3, 0.4) is 0 Å². The summed E-state index contributed by atoms with van der Waals surface area (Å²) in [6.45, 7) is 3.97. The first-order valence-corrected chi connectivity index (χ1v) is 16.6. The number of thioether (sulfide) groups is 1. The number of carbonyl (C=O) groups excluding carboxylic acids is 3. The van der Waals surface area contributed by atoms with E-state index < -0.39 is 22.0 Å². The number of rotatable bonds is 13. The van der Waals surface area contributed by atoms with Crippen LogP contribution in [-0.4, -0.2) is 29.3 Å². The first-order valence-electron chi connectivity index (χ1n) is 15.7. The van der Waals surface area contributed by atoms with Crippen LogP contribution in [0.4, 0.5) is 17.1 Å². The molecule has 5 rings (SSSR count). The molecule has 0 saturated carbocycles. The number of amides is 3. The average molecular weight is 687 g/mol. The number of nitrogens with one attached hydrogen (secondary N) is 3. The summed E-state index contributed by atoms with van der Waals surface area (Å²) in [4.78, 5) is 52.0. The number of non-ortho nitro benzene ring substituents is 1. The fourth-order valence-corrected chi connectivity index (χ4v) is 6.05. The van der Waals surface area contributed by atoms with E-state index >= 15 is 0 Å². The molecule has 3 amide bonds. The van der Waals surface area contributed by atoms with Crippen molar-refractivity contribution in [1.82, 2.24) is 5.32 Å². The molecule has 10 nitrogen and oxygen atoms in total. The Kier molecular flexibility index (Phi) is 11.8. The van der Waals surface area contributed by atoms with Gasteiger partial charge in [0.25, 0.3) is 17.5 Å². The number of nitro groups is 1. The van der Waals surface area contributed by atoms with E-state index in [1.54, 1.807) is 73.7 Å². The lowest BCUT2D eigenvalue weighted by Crippen LogP contribution is -2.30. The number of nitrogens with zero attached hydrogens (tertiary/aromatic N) is 1. The van der Waals surface area contributed by atoms with Crippen LogP contribution in [0.5, 0.6) is 5.75 Å². The predicted molar refractivity (Wildman–Crippen MR) is 196 cm³/mol. The molecule has 50 heavy (non-hydrogen) atoms. The van der Waals surface area contributed by atoms with Crippen LogP contribution >= 0.6 is 11.8 Å². The van der Waals surface area contributed by atoms with Crippen molar-refractivity contribution in [2.75, 3.05) is 17.2 Å². The van der Waals surface area contributed by atoms with Gasteiger partial charge in [-0.2, -0.15) is 0 Å². The summed E-state index contributed by atoms with van der Waals surface area (Å²) in [6, 6.07) is 36.3. The molecule has 0 saturated heterocycles. The van der Waals surface area contributed by atoms with E-state index in [1.165, 1.54) is 30.0 Å². The van der Waals surface area contributed by atoms with E-state index in [9.17, 15) is 24.5 Å². The lowest BCUT2D eigenvalue weighted by Gasteiger charge is -2.18. The Balaban J connectivity index is 1.40. The third-order valence-electron chi connectivity index (χ3n) is 7.41. The number of hydrogen-bond acceptors (Lipinski definition) is 7. The second-order valence-electron chi connectivity index (χ2n) is 11.0. The number of anilines is 2. The van der Waals surface area contributed by atoms with E-state index in [0.29, 0.717) is 45.3 Å². The quantitative estimate of drug-likeness (QED) is 0.0491. The minimum Gasteiger partial charge on any atom is -0.493 e. The zero-order chi connectivity index (χ0) is 35.5. The molecule has 0 radical (unpaired) electrons. The van der Waals surface area contributed by atoms with Gasteiger partial charge in [-0.25, -0.2) is 0 Å². The largest absolute Gasteiger partial charge is 0.493 e. The highest BCUT2D eigenvalue weighted by Crippen LogP contribution is 2.37. The molecule has 1 atom stereocenters. The summed E-state index contributed by atoms with van der Waals surface area (Å²) >= 11 is 1.28. The van der Waals surface area contributed by atoms with Gasteiger partial charge >= 0.3 is 0 Å². The van der Waals surface area contributed by atoms with Gasteiger partial charge in [-0.3, -0.25) is 24.5 Å². The maximum Gasteiger partial charge on any atom is 0.272 e. The van der Waals surface area contributed by atoms with Crippen molar-refractivity contribution in [3.05, 3.63) is 165 Å². The maximum atomic E-state index is 13.8. The number of carbonyl (C=O) groups is 3. The van der Waals surface area contributed by atoms with Crippen LogP contribution in [0.25, 0.3) is 6.08 Å². The molecular formula is C39H34N4O6S. The standard InChI is InChI=1S/C39H34N4O6S/c1-3-49-35-20-11-10-17-29(35)24-34(42-37(44)28-15-8-5-9-16-28)38(45)40-30-18-12-19-32(25-30)50-36(27-13-6-4-7-14-27)39(46)41-33-22-21-31(43(47)48)23-26(33)2/h4-25,36H,3H2,1-2H3,(H,40,45)(H,41,46)(H,42,44)/b34-24+. The molecular weight excluding hydrogens is 653 g/mol. The highest BCUT2D eigenvalue weighted by molar-refractivity contribution is 8.00. The van der Waals surface area contributed by atoms with Gasteiger partial charge in [0, 0.05) is 39.5 Å². The van der Waals surface area contributed by atoms with Gasteiger partial charge < -0.3 is 20.7 Å². The molecule has 3 N–H and O–H groups in total. The first kappa shape index (κ1) is 35.1. The SMILES string of the molecule is CCOc1ccccc1/C=C(/NC(=O)c1ccccc1)C(=O)Nc1cccc(SC(C(=O)Nc2ccc([N+](=O)[O-])cc2C)c2ccccc2)c1. The van der Waals surface area contributed by atoms with Crippen LogP contribution in [0.1, 0.15) is 39.2 Å². The number of ether oxygens (including phenoxy) is 1. The zero-order valence-electron chi connectivity index (χ0n) is 27.3. The van der Waals surface area contributed by atoms with E-state index in [-0.39, 0.29) is 17.3 Å². The van der Waals surface area contributed by atoms with Crippen molar-refractivity contribution in [3.8, 4) is 5.75 Å². The Labute approximate surface area is 293 Å². The number of nitro benzene ring substituents is 1. The highest BCUT2D eigenvalue weighted by Gasteiger charge is 2.24. The summed E-state index contributed by atoms with van der Waals surface area (Å²) in [7, 11) is 0. The molecule has 11 heteroatoms. The number of para-hydroxylation sites is 1. The summed E-state index contributed by atoms with van der Waals surface area (Å²) in [5, 5.41) is 19.1. The monoisotopic (exact) mass is 686 g/mol. The first-order chi connectivity index (χ1) is 24.2. The molecule has 0 spiro atoms. The van der Waals surface area contributed by atoms with Crippen LogP contribution < -0.4 is 20.7 Å².